The Bertz CT molecular complexity index is 1080. The van der Waals surface area contributed by atoms with Gasteiger partial charge in [-0.25, -0.2) is 0 Å². The van der Waals surface area contributed by atoms with Crippen LogP contribution in [0.3, 0.4) is 0 Å². The maximum absolute atomic E-state index is 12.8. The van der Waals surface area contributed by atoms with Gasteiger partial charge >= 0.3 is 6.18 Å². The van der Waals surface area contributed by atoms with E-state index in [1.165, 1.54) is 12.1 Å². The third-order valence-electron chi connectivity index (χ3n) is 4.42. The van der Waals surface area contributed by atoms with Crippen LogP contribution < -0.4 is 20.7 Å². The number of benzene rings is 3. The predicted octanol–water partition coefficient (Wildman–Crippen LogP) is 5.02. The number of anilines is 3. The summed E-state index contributed by atoms with van der Waals surface area (Å²) in [4.78, 5) is 24.4. The highest BCUT2D eigenvalue weighted by molar-refractivity contribution is 6.04. The quantitative estimate of drug-likeness (QED) is 0.479. The number of amides is 2. The highest BCUT2D eigenvalue weighted by Crippen LogP contribution is 2.30. The van der Waals surface area contributed by atoms with E-state index < -0.39 is 17.6 Å². The Morgan fingerprint density at radius 1 is 0.844 bits per heavy atom. The zero-order chi connectivity index (χ0) is 23.1. The molecule has 32 heavy (non-hydrogen) atoms. The second-order valence-corrected chi connectivity index (χ2v) is 6.74. The molecule has 0 aromatic heterocycles. The van der Waals surface area contributed by atoms with Crippen molar-refractivity contribution >= 4 is 28.9 Å². The molecule has 0 unspecified atom stereocenters. The lowest BCUT2D eigenvalue weighted by Gasteiger charge is -2.11. The van der Waals surface area contributed by atoms with Crippen LogP contribution in [0.4, 0.5) is 30.2 Å². The van der Waals surface area contributed by atoms with Crippen molar-refractivity contribution in [3.63, 3.8) is 0 Å². The molecule has 0 aliphatic heterocycles. The predicted molar refractivity (Wildman–Crippen MR) is 116 cm³/mol. The lowest BCUT2D eigenvalue weighted by Crippen LogP contribution is -2.22. The van der Waals surface area contributed by atoms with Crippen molar-refractivity contribution < 1.29 is 27.5 Å². The molecular formula is C23H20F3N3O3. The van der Waals surface area contributed by atoms with Gasteiger partial charge in [-0.05, 0) is 66.7 Å². The summed E-state index contributed by atoms with van der Waals surface area (Å²) in [6.07, 6.45) is -4.46. The second-order valence-electron chi connectivity index (χ2n) is 6.74. The number of ether oxygens (including phenoxy) is 1. The fourth-order valence-electron chi connectivity index (χ4n) is 2.78. The summed E-state index contributed by atoms with van der Waals surface area (Å²) >= 11 is 0. The van der Waals surface area contributed by atoms with E-state index in [2.05, 4.69) is 16.0 Å². The van der Waals surface area contributed by atoms with Gasteiger partial charge in [-0.1, -0.05) is 6.07 Å². The van der Waals surface area contributed by atoms with Crippen molar-refractivity contribution in [3.8, 4) is 5.75 Å². The minimum absolute atomic E-state index is 0.181. The molecule has 0 bridgehead atoms. The van der Waals surface area contributed by atoms with Gasteiger partial charge in [0.25, 0.3) is 5.91 Å². The molecule has 0 atom stereocenters. The first-order chi connectivity index (χ1) is 15.2. The summed E-state index contributed by atoms with van der Waals surface area (Å²) in [5, 5.41) is 8.02. The van der Waals surface area contributed by atoms with Crippen LogP contribution in [0, 0.1) is 0 Å². The standard InChI is InChI=1S/C23H20F3N3O3/c1-32-20-11-9-18(10-12-20)29-22(31)15-5-7-17(8-6-15)28-21(30)14-27-19-4-2-3-16(13-19)23(24,25)26/h2-13,27H,14H2,1H3,(H,28,30)(H,29,31). The summed E-state index contributed by atoms with van der Waals surface area (Å²) < 4.78 is 43.3. The Balaban J connectivity index is 1.52. The smallest absolute Gasteiger partial charge is 0.416 e. The van der Waals surface area contributed by atoms with Gasteiger partial charge < -0.3 is 20.7 Å². The fourth-order valence-corrected chi connectivity index (χ4v) is 2.78. The highest BCUT2D eigenvalue weighted by atomic mass is 19.4. The van der Waals surface area contributed by atoms with E-state index in [0.29, 0.717) is 22.7 Å². The molecule has 3 rings (SSSR count). The summed E-state index contributed by atoms with van der Waals surface area (Å²) in [6, 6.07) is 17.7. The number of alkyl halides is 3. The van der Waals surface area contributed by atoms with Crippen molar-refractivity contribution in [2.45, 2.75) is 6.18 Å². The van der Waals surface area contributed by atoms with E-state index >= 15 is 0 Å². The molecule has 3 aromatic rings. The van der Waals surface area contributed by atoms with Crippen LogP contribution in [-0.2, 0) is 11.0 Å². The monoisotopic (exact) mass is 443 g/mol. The first-order valence-electron chi connectivity index (χ1n) is 9.51. The van der Waals surface area contributed by atoms with Crippen molar-refractivity contribution in [1.82, 2.24) is 0 Å². The molecule has 0 radical (unpaired) electrons. The zero-order valence-corrected chi connectivity index (χ0v) is 17.0. The number of nitrogens with one attached hydrogen (secondary N) is 3. The Hall–Kier alpha value is -4.01. The average molecular weight is 443 g/mol. The third kappa shape index (κ3) is 6.24. The Kier molecular flexibility index (Phi) is 6.99. The van der Waals surface area contributed by atoms with Crippen molar-refractivity contribution in [2.75, 3.05) is 29.6 Å². The average Bonchev–Trinajstić information content (AvgIpc) is 2.78. The van der Waals surface area contributed by atoms with Gasteiger partial charge in [0, 0.05) is 22.6 Å². The van der Waals surface area contributed by atoms with Crippen molar-refractivity contribution in [1.29, 1.82) is 0 Å². The van der Waals surface area contributed by atoms with Crippen LogP contribution in [0.15, 0.2) is 72.8 Å². The highest BCUT2D eigenvalue weighted by Gasteiger charge is 2.30. The molecule has 166 valence electrons. The van der Waals surface area contributed by atoms with Crippen LogP contribution >= 0.6 is 0 Å². The topological polar surface area (TPSA) is 79.5 Å². The van der Waals surface area contributed by atoms with E-state index in [9.17, 15) is 22.8 Å². The number of rotatable bonds is 7. The molecule has 6 nitrogen and oxygen atoms in total. The van der Waals surface area contributed by atoms with Gasteiger partial charge in [-0.2, -0.15) is 13.2 Å². The third-order valence-corrected chi connectivity index (χ3v) is 4.42. The number of carbonyl (C=O) groups is 2. The number of halogens is 3. The zero-order valence-electron chi connectivity index (χ0n) is 17.0. The minimum Gasteiger partial charge on any atom is -0.497 e. The largest absolute Gasteiger partial charge is 0.497 e. The number of methoxy groups -OCH3 is 1. The first-order valence-corrected chi connectivity index (χ1v) is 9.51. The second kappa shape index (κ2) is 9.86. The minimum atomic E-state index is -4.46. The lowest BCUT2D eigenvalue weighted by molar-refractivity contribution is -0.137. The SMILES string of the molecule is COc1ccc(NC(=O)c2ccc(NC(=O)CNc3cccc(C(F)(F)F)c3)cc2)cc1. The van der Waals surface area contributed by atoms with E-state index in [4.69, 9.17) is 4.74 Å². The maximum atomic E-state index is 12.8. The normalized spacial score (nSPS) is 10.9. The van der Waals surface area contributed by atoms with Gasteiger partial charge in [-0.15, -0.1) is 0 Å². The molecule has 0 spiro atoms. The van der Waals surface area contributed by atoms with E-state index in [1.54, 1.807) is 55.6 Å². The van der Waals surface area contributed by atoms with Gasteiger partial charge in [-0.3, -0.25) is 9.59 Å². The Morgan fingerprint density at radius 3 is 2.09 bits per heavy atom. The first kappa shape index (κ1) is 22.7. The molecule has 0 saturated heterocycles. The Morgan fingerprint density at radius 2 is 1.47 bits per heavy atom. The van der Waals surface area contributed by atoms with Crippen molar-refractivity contribution in [3.05, 3.63) is 83.9 Å². The maximum Gasteiger partial charge on any atom is 0.416 e. The number of carbonyl (C=O) groups excluding carboxylic acids is 2. The molecule has 0 heterocycles. The van der Waals surface area contributed by atoms with Crippen LogP contribution in [0.2, 0.25) is 0 Å². The lowest BCUT2D eigenvalue weighted by atomic mass is 10.2. The summed E-state index contributed by atoms with van der Waals surface area (Å²) in [6.45, 7) is -0.221. The van der Waals surface area contributed by atoms with Gasteiger partial charge in [0.2, 0.25) is 5.91 Å². The van der Waals surface area contributed by atoms with Gasteiger partial charge in [0.1, 0.15) is 5.75 Å². The molecule has 0 saturated carbocycles. The van der Waals surface area contributed by atoms with E-state index in [-0.39, 0.29) is 18.1 Å². The molecule has 0 fully saturated rings. The van der Waals surface area contributed by atoms with Crippen LogP contribution in [0.1, 0.15) is 15.9 Å². The van der Waals surface area contributed by atoms with E-state index in [1.807, 2.05) is 0 Å². The molecule has 2 amide bonds. The molecule has 9 heteroatoms. The molecule has 3 N–H and O–H groups in total. The summed E-state index contributed by atoms with van der Waals surface area (Å²) in [5.74, 6) is -0.0947. The molecule has 3 aromatic carbocycles. The number of hydrogen-bond acceptors (Lipinski definition) is 4. The van der Waals surface area contributed by atoms with Gasteiger partial charge in [0.05, 0.1) is 19.2 Å². The summed E-state index contributed by atoms with van der Waals surface area (Å²) in [7, 11) is 1.55. The number of hydrogen-bond donors (Lipinski definition) is 3. The molecular weight excluding hydrogens is 423 g/mol. The van der Waals surface area contributed by atoms with E-state index in [0.717, 1.165) is 12.1 Å². The summed E-state index contributed by atoms with van der Waals surface area (Å²) in [5.41, 5.74) is 0.823. The Labute approximate surface area is 182 Å². The molecule has 0 aliphatic rings. The van der Waals surface area contributed by atoms with Crippen molar-refractivity contribution in [2.24, 2.45) is 0 Å². The van der Waals surface area contributed by atoms with Crippen LogP contribution in [0.25, 0.3) is 0 Å². The fraction of sp³-hybridized carbons (Fsp3) is 0.130. The molecule has 0 aliphatic carbocycles. The van der Waals surface area contributed by atoms with Gasteiger partial charge in [0.15, 0.2) is 0 Å². The van der Waals surface area contributed by atoms with Crippen LogP contribution in [-0.4, -0.2) is 25.5 Å². The van der Waals surface area contributed by atoms with Crippen LogP contribution in [0.5, 0.6) is 5.75 Å².